The quantitative estimate of drug-likeness (QED) is 0.532. The normalized spacial score (nSPS) is 11.8. The van der Waals surface area contributed by atoms with Gasteiger partial charge in [-0.15, -0.1) is 0 Å². The molecule has 4 rings (SSSR count). The van der Waals surface area contributed by atoms with Crippen molar-refractivity contribution in [2.24, 2.45) is 5.14 Å². The van der Waals surface area contributed by atoms with Crippen LogP contribution < -0.4 is 15.2 Å². The first kappa shape index (κ1) is 17.6. The molecule has 0 fully saturated rings. The molecule has 0 aliphatic carbocycles. The Balaban J connectivity index is 1.89. The average Bonchev–Trinajstić information content (AvgIpc) is 3.01. The van der Waals surface area contributed by atoms with Crippen LogP contribution in [0.5, 0.6) is 5.75 Å². The van der Waals surface area contributed by atoms with Crippen molar-refractivity contribution < 1.29 is 17.6 Å². The highest BCUT2D eigenvalue weighted by atomic mass is 35.5. The first-order valence-electron chi connectivity index (χ1n) is 7.81. The van der Waals surface area contributed by atoms with Gasteiger partial charge in [0.1, 0.15) is 12.0 Å². The van der Waals surface area contributed by atoms with E-state index in [9.17, 15) is 8.42 Å². The zero-order valence-corrected chi connectivity index (χ0v) is 15.6. The molecule has 3 N–H and O–H groups in total. The third kappa shape index (κ3) is 3.18. The third-order valence-corrected chi connectivity index (χ3v) is 5.33. The highest BCUT2D eigenvalue weighted by Gasteiger charge is 2.16. The maximum atomic E-state index is 11.4. The van der Waals surface area contributed by atoms with Gasteiger partial charge in [0.15, 0.2) is 0 Å². The molecular formula is C18H14ClN3O4S. The van der Waals surface area contributed by atoms with E-state index in [1.807, 2.05) is 12.1 Å². The lowest BCUT2D eigenvalue weighted by Crippen LogP contribution is -2.11. The number of ether oxygens (including phenoxy) is 1. The van der Waals surface area contributed by atoms with E-state index in [4.69, 9.17) is 25.9 Å². The van der Waals surface area contributed by atoms with E-state index in [1.54, 1.807) is 25.3 Å². The predicted molar refractivity (Wildman–Crippen MR) is 104 cm³/mol. The van der Waals surface area contributed by atoms with Gasteiger partial charge in [0.05, 0.1) is 33.6 Å². The van der Waals surface area contributed by atoms with E-state index < -0.39 is 10.0 Å². The van der Waals surface area contributed by atoms with Crippen LogP contribution in [0.3, 0.4) is 0 Å². The number of anilines is 2. The zero-order chi connectivity index (χ0) is 19.2. The van der Waals surface area contributed by atoms with Crippen LogP contribution in [-0.4, -0.2) is 20.5 Å². The minimum atomic E-state index is -3.76. The number of pyridine rings is 1. The molecule has 0 atom stereocenters. The lowest BCUT2D eigenvalue weighted by molar-refractivity contribution is 0.415. The molecule has 2 heterocycles. The molecule has 0 aliphatic heterocycles. The summed E-state index contributed by atoms with van der Waals surface area (Å²) in [5, 5.41) is 10.3. The Labute approximate surface area is 159 Å². The summed E-state index contributed by atoms with van der Waals surface area (Å²) in [6.07, 6.45) is 1.42. The van der Waals surface area contributed by atoms with Gasteiger partial charge in [-0.05, 0) is 36.4 Å². The summed E-state index contributed by atoms with van der Waals surface area (Å²) in [7, 11) is -2.18. The summed E-state index contributed by atoms with van der Waals surface area (Å²) in [6.45, 7) is 0. The number of aromatic nitrogens is 1. The number of rotatable bonds is 4. The molecule has 0 amide bonds. The second kappa shape index (κ2) is 6.41. The largest absolute Gasteiger partial charge is 0.497 e. The van der Waals surface area contributed by atoms with Crippen LogP contribution in [0.15, 0.2) is 58.0 Å². The number of primary sulfonamides is 1. The van der Waals surface area contributed by atoms with Crippen LogP contribution in [0.1, 0.15) is 0 Å². The lowest BCUT2D eigenvalue weighted by Gasteiger charge is -2.12. The van der Waals surface area contributed by atoms with Crippen LogP contribution in [0, 0.1) is 0 Å². The second-order valence-electron chi connectivity index (χ2n) is 5.83. The van der Waals surface area contributed by atoms with Crippen molar-refractivity contribution in [1.82, 2.24) is 4.98 Å². The van der Waals surface area contributed by atoms with E-state index in [0.717, 1.165) is 5.39 Å². The molecule has 138 valence electrons. The van der Waals surface area contributed by atoms with Gasteiger partial charge in [0, 0.05) is 17.1 Å². The Morgan fingerprint density at radius 3 is 2.59 bits per heavy atom. The van der Waals surface area contributed by atoms with Crippen molar-refractivity contribution in [1.29, 1.82) is 0 Å². The van der Waals surface area contributed by atoms with Gasteiger partial charge >= 0.3 is 0 Å². The van der Waals surface area contributed by atoms with Crippen LogP contribution in [-0.2, 0) is 10.0 Å². The topological polar surface area (TPSA) is 107 Å². The highest BCUT2D eigenvalue weighted by Crippen LogP contribution is 2.39. The summed E-state index contributed by atoms with van der Waals surface area (Å²) >= 11 is 6.29. The third-order valence-electron chi connectivity index (χ3n) is 4.13. The van der Waals surface area contributed by atoms with Crippen molar-refractivity contribution in [3.8, 4) is 5.75 Å². The SMILES string of the molecule is COc1ccc2c(Nc3ccc(S(N)(=O)=O)cc3)c3c(Cl)coc3nc2c1. The molecule has 4 aromatic rings. The van der Waals surface area contributed by atoms with Crippen molar-refractivity contribution in [2.45, 2.75) is 4.90 Å². The summed E-state index contributed by atoms with van der Waals surface area (Å²) < 4.78 is 33.6. The Hall–Kier alpha value is -2.81. The number of nitrogens with two attached hydrogens (primary N) is 1. The Bertz CT molecular complexity index is 1270. The van der Waals surface area contributed by atoms with Gasteiger partial charge in [-0.25, -0.2) is 18.5 Å². The summed E-state index contributed by atoms with van der Waals surface area (Å²) in [4.78, 5) is 4.52. The first-order chi connectivity index (χ1) is 12.9. The Morgan fingerprint density at radius 1 is 1.19 bits per heavy atom. The fourth-order valence-electron chi connectivity index (χ4n) is 2.82. The molecule has 27 heavy (non-hydrogen) atoms. The van der Waals surface area contributed by atoms with E-state index in [1.165, 1.54) is 18.4 Å². The molecule has 0 saturated heterocycles. The lowest BCUT2D eigenvalue weighted by atomic mass is 10.1. The maximum Gasteiger partial charge on any atom is 0.238 e. The number of benzene rings is 2. The summed E-state index contributed by atoms with van der Waals surface area (Å²) in [5.74, 6) is 0.662. The van der Waals surface area contributed by atoms with Crippen molar-refractivity contribution in [2.75, 3.05) is 12.4 Å². The molecule has 0 bridgehead atoms. The fourth-order valence-corrected chi connectivity index (χ4v) is 3.56. The van der Waals surface area contributed by atoms with Crippen LogP contribution in [0.25, 0.3) is 22.0 Å². The molecule has 0 radical (unpaired) electrons. The predicted octanol–water partition coefficient (Wildman–Crippen LogP) is 4.03. The van der Waals surface area contributed by atoms with E-state index >= 15 is 0 Å². The van der Waals surface area contributed by atoms with Crippen LogP contribution in [0.4, 0.5) is 11.4 Å². The summed E-state index contributed by atoms with van der Waals surface area (Å²) in [5.41, 5.74) is 2.39. The standard InChI is InChI=1S/C18H14ClN3O4S/c1-25-11-4-7-13-15(8-11)22-18-16(14(19)9-26-18)17(13)21-10-2-5-12(6-3-10)27(20,23)24/h2-9H,1H3,(H,21,22)(H2,20,23,24). The number of furan rings is 1. The number of halogens is 1. The first-order valence-corrected chi connectivity index (χ1v) is 9.73. The molecular weight excluding hydrogens is 390 g/mol. The molecule has 2 aromatic heterocycles. The molecule has 0 aliphatic rings. The van der Waals surface area contributed by atoms with Crippen LogP contribution >= 0.6 is 11.6 Å². The van der Waals surface area contributed by atoms with Gasteiger partial charge in [-0.3, -0.25) is 0 Å². The van der Waals surface area contributed by atoms with Crippen molar-refractivity contribution >= 4 is 55.0 Å². The van der Waals surface area contributed by atoms with Crippen molar-refractivity contribution in [3.05, 3.63) is 53.8 Å². The molecule has 0 unspecified atom stereocenters. The van der Waals surface area contributed by atoms with Gasteiger partial charge in [0.25, 0.3) is 0 Å². The van der Waals surface area contributed by atoms with Gasteiger partial charge < -0.3 is 14.5 Å². The number of nitrogens with zero attached hydrogens (tertiary/aromatic N) is 1. The zero-order valence-electron chi connectivity index (χ0n) is 14.1. The number of nitrogens with one attached hydrogen (secondary N) is 1. The number of methoxy groups -OCH3 is 1. The summed E-state index contributed by atoms with van der Waals surface area (Å²) in [6, 6.07) is 11.6. The number of fused-ring (bicyclic) bond motifs is 2. The van der Waals surface area contributed by atoms with E-state index in [-0.39, 0.29) is 4.90 Å². The Kier molecular flexibility index (Phi) is 4.18. The van der Waals surface area contributed by atoms with Gasteiger partial charge in [0.2, 0.25) is 15.7 Å². The number of sulfonamides is 1. The molecule has 0 spiro atoms. The maximum absolute atomic E-state index is 11.4. The number of hydrogen-bond donors (Lipinski definition) is 2. The highest BCUT2D eigenvalue weighted by molar-refractivity contribution is 7.89. The average molecular weight is 404 g/mol. The molecule has 9 heteroatoms. The van der Waals surface area contributed by atoms with Crippen molar-refractivity contribution in [3.63, 3.8) is 0 Å². The Morgan fingerprint density at radius 2 is 1.93 bits per heavy atom. The molecule has 0 saturated carbocycles. The monoisotopic (exact) mass is 403 g/mol. The fraction of sp³-hybridized carbons (Fsp3) is 0.0556. The minimum absolute atomic E-state index is 0.0314. The smallest absolute Gasteiger partial charge is 0.238 e. The molecule has 2 aromatic carbocycles. The van der Waals surface area contributed by atoms with Gasteiger partial charge in [-0.1, -0.05) is 11.6 Å². The number of hydrogen-bond acceptors (Lipinski definition) is 6. The van der Waals surface area contributed by atoms with E-state index in [2.05, 4.69) is 10.3 Å². The molecule has 7 nitrogen and oxygen atoms in total. The van der Waals surface area contributed by atoms with E-state index in [0.29, 0.717) is 38.8 Å². The van der Waals surface area contributed by atoms with Gasteiger partial charge in [-0.2, -0.15) is 0 Å². The second-order valence-corrected chi connectivity index (χ2v) is 7.80. The minimum Gasteiger partial charge on any atom is -0.497 e. The van der Waals surface area contributed by atoms with Crippen LogP contribution in [0.2, 0.25) is 5.02 Å².